The second-order valence-electron chi connectivity index (χ2n) is 15.0. The largest absolute Gasteiger partial charge is 0.512 e. The van der Waals surface area contributed by atoms with Crippen LogP contribution in [0.4, 0.5) is 18.0 Å². The van der Waals surface area contributed by atoms with Crippen molar-refractivity contribution < 1.29 is 51.2 Å². The van der Waals surface area contributed by atoms with Crippen molar-refractivity contribution in [3.8, 4) is 6.07 Å². The first-order valence-electron chi connectivity index (χ1n) is 20.3. The highest BCUT2D eigenvalue weighted by Gasteiger charge is 2.47. The molecule has 3 fully saturated rings. The predicted octanol–water partition coefficient (Wildman–Crippen LogP) is 6.51. The first-order valence-corrected chi connectivity index (χ1v) is 21.2. The van der Waals surface area contributed by atoms with E-state index in [2.05, 4.69) is 15.0 Å². The molecular formula is C43H49F3N6O8S. The molecule has 0 radical (unpaired) electrons. The molecule has 6 rings (SSSR count). The Morgan fingerprint density at radius 3 is 2.44 bits per heavy atom. The van der Waals surface area contributed by atoms with Gasteiger partial charge in [0.05, 0.1) is 43.1 Å². The number of nitriles is 1. The molecule has 2 atom stereocenters. The summed E-state index contributed by atoms with van der Waals surface area (Å²) >= 11 is 1.26. The lowest BCUT2D eigenvalue weighted by Crippen LogP contribution is -2.48. The maximum atomic E-state index is 15.7. The summed E-state index contributed by atoms with van der Waals surface area (Å²) in [4.78, 5) is 47.1. The Balaban J connectivity index is 1.03. The van der Waals surface area contributed by atoms with Gasteiger partial charge >= 0.3 is 12.1 Å². The molecule has 3 aliphatic heterocycles. The third-order valence-corrected chi connectivity index (χ3v) is 12.4. The standard InChI is InChI=1S/C43H49F3N6O8S/c1-30(61-35-24-56-41(57-25-35)8-4-3-7-32-10-9-31(23-47)21-37(32)45)43(26-52-28-48-27-49-52,36-12-11-33(44)22-38(36)46)60-42(55)59-29-58-40(54)14-13-39(53)51-19-15-34(16-20-51)50-17-5-2-6-18-50/h3-4,7-12,21-22,27-28,30,34-35,41H,2,5-6,13-20,24-26,29H2,1H3. The molecule has 1 aromatic heterocycles. The van der Waals surface area contributed by atoms with Crippen molar-refractivity contribution >= 4 is 35.9 Å². The summed E-state index contributed by atoms with van der Waals surface area (Å²) in [5.41, 5.74) is -1.56. The number of piperidine rings is 2. The zero-order valence-electron chi connectivity index (χ0n) is 33.8. The van der Waals surface area contributed by atoms with Gasteiger partial charge in [-0.1, -0.05) is 30.7 Å². The molecule has 0 bridgehead atoms. The van der Waals surface area contributed by atoms with Crippen LogP contribution in [-0.2, 0) is 45.4 Å². The van der Waals surface area contributed by atoms with Gasteiger partial charge in [0.15, 0.2) is 11.9 Å². The lowest BCUT2D eigenvalue weighted by atomic mass is 9.89. The summed E-state index contributed by atoms with van der Waals surface area (Å²) < 4.78 is 73.5. The van der Waals surface area contributed by atoms with Crippen LogP contribution < -0.4 is 0 Å². The number of amides is 1. The molecule has 3 aliphatic rings. The number of carbonyl (C=O) groups is 3. The SMILES string of the molecule is CC(SC1COC(C=CC=Cc2ccc(C#N)cc2F)OC1)C(Cn1cncn1)(OC(=O)OCOC(=O)CCC(=O)N1CCC(N2CCCCC2)CC1)c1ccc(F)cc1F. The normalized spacial score (nSPS) is 20.5. The number of benzene rings is 2. The number of thioether (sulfide) groups is 1. The monoisotopic (exact) mass is 866 g/mol. The van der Waals surface area contributed by atoms with E-state index in [1.54, 1.807) is 30.1 Å². The molecule has 2 unspecified atom stereocenters. The van der Waals surface area contributed by atoms with Crippen molar-refractivity contribution in [2.75, 3.05) is 46.2 Å². The van der Waals surface area contributed by atoms with E-state index >= 15 is 4.39 Å². The first-order chi connectivity index (χ1) is 29.5. The maximum Gasteiger partial charge on any atom is 0.512 e. The summed E-state index contributed by atoms with van der Waals surface area (Å²) in [6.07, 6.45) is 12.2. The van der Waals surface area contributed by atoms with E-state index in [0.717, 1.165) is 38.1 Å². The van der Waals surface area contributed by atoms with Crippen LogP contribution in [0.3, 0.4) is 0 Å². The number of esters is 1. The Morgan fingerprint density at radius 2 is 1.75 bits per heavy atom. The van der Waals surface area contributed by atoms with Crippen LogP contribution in [0.25, 0.3) is 6.08 Å². The Bertz CT molecular complexity index is 2050. The molecule has 0 aliphatic carbocycles. The summed E-state index contributed by atoms with van der Waals surface area (Å²) in [7, 11) is 0. The van der Waals surface area contributed by atoms with E-state index in [4.69, 9.17) is 28.9 Å². The van der Waals surface area contributed by atoms with Gasteiger partial charge in [0.2, 0.25) is 12.7 Å². The van der Waals surface area contributed by atoms with Gasteiger partial charge in [-0.2, -0.15) is 10.4 Å². The summed E-state index contributed by atoms with van der Waals surface area (Å²) in [6.45, 7) is 4.38. The number of allylic oxidation sites excluding steroid dienone is 2. The van der Waals surface area contributed by atoms with E-state index in [1.165, 1.54) is 72.6 Å². The fraction of sp³-hybridized carbons (Fsp3) is 0.488. The highest BCUT2D eigenvalue weighted by atomic mass is 32.2. The molecule has 61 heavy (non-hydrogen) atoms. The Hall–Kier alpha value is -5.22. The number of nitrogens with zero attached hydrogens (tertiary/aromatic N) is 6. The second-order valence-corrected chi connectivity index (χ2v) is 16.6. The number of likely N-dealkylation sites (tertiary alicyclic amines) is 2. The predicted molar refractivity (Wildman–Crippen MR) is 217 cm³/mol. The van der Waals surface area contributed by atoms with Crippen molar-refractivity contribution in [3.05, 3.63) is 101 Å². The lowest BCUT2D eigenvalue weighted by molar-refractivity contribution is -0.157. The number of rotatable bonds is 16. The van der Waals surface area contributed by atoms with Gasteiger partial charge in [-0.15, -0.1) is 11.8 Å². The van der Waals surface area contributed by atoms with E-state index in [-0.39, 0.29) is 54.9 Å². The number of ether oxygens (including phenoxy) is 5. The van der Waals surface area contributed by atoms with Gasteiger partial charge in [-0.3, -0.25) is 9.59 Å². The number of aromatic nitrogens is 3. The fourth-order valence-corrected chi connectivity index (χ4v) is 9.01. The molecule has 1 amide bonds. The van der Waals surface area contributed by atoms with Gasteiger partial charge in [-0.25, -0.2) is 27.6 Å². The van der Waals surface area contributed by atoms with Crippen LogP contribution in [0.15, 0.2) is 67.3 Å². The Kier molecular flexibility index (Phi) is 16.4. The highest BCUT2D eigenvalue weighted by molar-refractivity contribution is 8.00. The summed E-state index contributed by atoms with van der Waals surface area (Å²) in [5.74, 6) is -3.28. The van der Waals surface area contributed by atoms with E-state index < -0.39 is 53.5 Å². The van der Waals surface area contributed by atoms with Gasteiger partial charge in [-0.05, 0) is 76.0 Å². The van der Waals surface area contributed by atoms with E-state index in [1.807, 2.05) is 6.07 Å². The van der Waals surface area contributed by atoms with Crippen LogP contribution in [0.5, 0.6) is 0 Å². The molecule has 18 heteroatoms. The molecule has 0 spiro atoms. The van der Waals surface area contributed by atoms with E-state index in [9.17, 15) is 23.2 Å². The maximum absolute atomic E-state index is 15.7. The minimum Gasteiger partial charge on any atom is -0.428 e. The lowest BCUT2D eigenvalue weighted by Gasteiger charge is -2.40. The molecule has 14 nitrogen and oxygen atoms in total. The molecular weight excluding hydrogens is 818 g/mol. The first kappa shape index (κ1) is 45.3. The number of carbonyl (C=O) groups excluding carboxylic acids is 3. The van der Waals surface area contributed by atoms with Crippen molar-refractivity contribution in [1.82, 2.24) is 24.6 Å². The average Bonchev–Trinajstić information content (AvgIpc) is 3.78. The van der Waals surface area contributed by atoms with Crippen LogP contribution in [0.2, 0.25) is 0 Å². The number of hydrogen-bond donors (Lipinski definition) is 0. The highest BCUT2D eigenvalue weighted by Crippen LogP contribution is 2.42. The topological polar surface area (TPSA) is 158 Å². The molecule has 326 valence electrons. The zero-order valence-corrected chi connectivity index (χ0v) is 34.7. The number of hydrogen-bond acceptors (Lipinski definition) is 13. The Labute approximate surface area is 356 Å². The molecule has 0 saturated carbocycles. The van der Waals surface area contributed by atoms with Gasteiger partial charge in [0, 0.05) is 48.0 Å². The molecule has 3 saturated heterocycles. The second kappa shape index (κ2) is 22.0. The number of halogens is 3. The van der Waals surface area contributed by atoms with Crippen molar-refractivity contribution in [2.45, 2.75) is 86.8 Å². The Morgan fingerprint density at radius 1 is 0.984 bits per heavy atom. The fourth-order valence-electron chi connectivity index (χ4n) is 7.65. The smallest absolute Gasteiger partial charge is 0.428 e. The quantitative estimate of drug-likeness (QED) is 0.0873. The van der Waals surface area contributed by atoms with E-state index in [0.29, 0.717) is 30.8 Å². The van der Waals surface area contributed by atoms with Crippen molar-refractivity contribution in [3.63, 3.8) is 0 Å². The van der Waals surface area contributed by atoms with Crippen LogP contribution in [0, 0.1) is 28.8 Å². The van der Waals surface area contributed by atoms with Crippen molar-refractivity contribution in [1.29, 1.82) is 5.26 Å². The van der Waals surface area contributed by atoms with Gasteiger partial charge < -0.3 is 33.5 Å². The minimum atomic E-state index is -1.90. The van der Waals surface area contributed by atoms with Crippen LogP contribution >= 0.6 is 11.8 Å². The summed E-state index contributed by atoms with van der Waals surface area (Å²) in [6, 6.07) is 9.41. The van der Waals surface area contributed by atoms with Crippen molar-refractivity contribution in [2.24, 2.45) is 0 Å². The molecule has 0 N–H and O–H groups in total. The van der Waals surface area contributed by atoms with Gasteiger partial charge in [0.25, 0.3) is 0 Å². The molecule has 4 heterocycles. The minimum absolute atomic E-state index is 0.0545. The third-order valence-electron chi connectivity index (χ3n) is 10.9. The molecule has 3 aromatic rings. The average molecular weight is 867 g/mol. The van der Waals surface area contributed by atoms with Crippen LogP contribution in [0.1, 0.15) is 68.6 Å². The molecule has 2 aromatic carbocycles. The van der Waals surface area contributed by atoms with Gasteiger partial charge in [0.1, 0.15) is 30.1 Å². The zero-order chi connectivity index (χ0) is 43.2. The third kappa shape index (κ3) is 12.7. The van der Waals surface area contributed by atoms with Crippen LogP contribution in [-0.4, -0.2) is 112 Å². The summed E-state index contributed by atoms with van der Waals surface area (Å²) in [5, 5.41) is 11.9.